The van der Waals surface area contributed by atoms with Gasteiger partial charge in [-0.25, -0.2) is 0 Å². The fraction of sp³-hybridized carbons (Fsp3) is 0.250. The zero-order chi connectivity index (χ0) is 6.41. The van der Waals surface area contributed by atoms with Gasteiger partial charge in [0, 0.05) is 31.5 Å². The Hall–Kier alpha value is -0.480. The van der Waals surface area contributed by atoms with Gasteiger partial charge in [0.1, 0.15) is 0 Å². The van der Waals surface area contributed by atoms with E-state index in [1.807, 2.05) is 0 Å². The van der Waals surface area contributed by atoms with Crippen molar-refractivity contribution < 1.29 is 4.55 Å². The number of hydrogen-bond donors (Lipinski definition) is 3. The van der Waals surface area contributed by atoms with Crippen molar-refractivity contribution in [3.05, 3.63) is 11.1 Å². The van der Waals surface area contributed by atoms with Crippen LogP contribution in [0.5, 0.6) is 0 Å². The molecule has 8 heavy (non-hydrogen) atoms. The minimum absolute atomic E-state index is 0.493. The van der Waals surface area contributed by atoms with Crippen molar-refractivity contribution in [3.63, 3.8) is 0 Å². The first kappa shape index (κ1) is 7.52. The molecule has 0 fully saturated rings. The smallest absolute Gasteiger partial charge is 0.0682 e. The Balaban J connectivity index is 3.66. The molecule has 0 spiro atoms. The molecule has 0 aromatic carbocycles. The first-order valence-corrected chi connectivity index (χ1v) is 2.81. The lowest BCUT2D eigenvalue weighted by Gasteiger charge is -1.89. The number of allylic oxidation sites excluding steroid dienone is 1. The van der Waals surface area contributed by atoms with Crippen LogP contribution < -0.4 is 5.32 Å². The van der Waals surface area contributed by atoms with E-state index in [2.05, 4.69) is 5.32 Å². The summed E-state index contributed by atoms with van der Waals surface area (Å²) in [5.41, 5.74) is 0. The largest absolute Gasteiger partial charge is 0.393 e. The highest BCUT2D eigenvalue weighted by Gasteiger charge is 1.85. The van der Waals surface area contributed by atoms with Gasteiger partial charge >= 0.3 is 0 Å². The summed E-state index contributed by atoms with van der Waals surface area (Å²) in [6.45, 7) is 0. The molecule has 3 N–H and O–H groups in total. The maximum Gasteiger partial charge on any atom is 0.0682 e. The maximum absolute atomic E-state index is 8.31. The summed E-state index contributed by atoms with van der Waals surface area (Å²) in [5, 5.41) is 9.32. The quantitative estimate of drug-likeness (QED) is 0.395. The van der Waals surface area contributed by atoms with E-state index in [1.54, 1.807) is 7.05 Å². The minimum atomic E-state index is 0.493. The van der Waals surface area contributed by atoms with E-state index in [-0.39, 0.29) is 0 Å². The third-order valence-electron chi connectivity index (χ3n) is 0.534. The highest BCUT2D eigenvalue weighted by molar-refractivity contribution is 7.98. The number of hydrogen-bond acceptors (Lipinski definition) is 4. The third-order valence-corrected chi connectivity index (χ3v) is 0.981. The van der Waals surface area contributed by atoms with Crippen molar-refractivity contribution >= 4 is 18.3 Å². The van der Waals surface area contributed by atoms with E-state index in [0.29, 0.717) is 16.9 Å². The first-order chi connectivity index (χ1) is 3.85. The van der Waals surface area contributed by atoms with Crippen LogP contribution in [0.1, 0.15) is 0 Å². The zero-order valence-electron chi connectivity index (χ0n) is 4.51. The van der Waals surface area contributed by atoms with Crippen LogP contribution in [0.2, 0.25) is 0 Å². The average Bonchev–Trinajstić information content (AvgIpc) is 1.83. The van der Waals surface area contributed by atoms with Crippen molar-refractivity contribution in [2.24, 2.45) is 0 Å². The van der Waals surface area contributed by atoms with Crippen LogP contribution in [-0.2, 0) is 0 Å². The van der Waals surface area contributed by atoms with Gasteiger partial charge in [-0.1, -0.05) is 0 Å². The molecule has 0 radical (unpaired) electrons. The molecule has 0 amide bonds. The van der Waals surface area contributed by atoms with E-state index >= 15 is 0 Å². The Labute approximate surface area is 52.5 Å². The van der Waals surface area contributed by atoms with E-state index in [4.69, 9.17) is 9.96 Å². The molecule has 0 aliphatic heterocycles. The molecular formula is C4H8N2OS. The molecular weight excluding hydrogens is 124 g/mol. The van der Waals surface area contributed by atoms with E-state index < -0.39 is 0 Å². The Kier molecular flexibility index (Phi) is 4.39. The topological polar surface area (TPSA) is 56.1 Å². The van der Waals surface area contributed by atoms with Crippen LogP contribution in [0.15, 0.2) is 11.1 Å². The number of rotatable bonds is 3. The SMILES string of the molecule is CN/C=C(\C=N)SO. The molecule has 0 atom stereocenters. The van der Waals surface area contributed by atoms with Crippen LogP contribution >= 0.6 is 12.0 Å². The van der Waals surface area contributed by atoms with Gasteiger partial charge in [0.2, 0.25) is 0 Å². The minimum Gasteiger partial charge on any atom is -0.393 e. The second kappa shape index (κ2) is 4.67. The summed E-state index contributed by atoms with van der Waals surface area (Å²) < 4.78 is 8.31. The Morgan fingerprint density at radius 3 is 2.62 bits per heavy atom. The second-order valence-corrected chi connectivity index (χ2v) is 1.72. The van der Waals surface area contributed by atoms with Crippen LogP contribution in [0.25, 0.3) is 0 Å². The Bertz CT molecular complexity index is 102. The lowest BCUT2D eigenvalue weighted by atomic mass is 10.6. The molecule has 0 aromatic rings. The monoisotopic (exact) mass is 132 g/mol. The van der Waals surface area contributed by atoms with Gasteiger partial charge in [-0.05, 0) is 0 Å². The zero-order valence-corrected chi connectivity index (χ0v) is 5.33. The number of nitrogens with one attached hydrogen (secondary N) is 2. The van der Waals surface area contributed by atoms with Gasteiger partial charge < -0.3 is 15.3 Å². The van der Waals surface area contributed by atoms with Crippen molar-refractivity contribution in [3.8, 4) is 0 Å². The summed E-state index contributed by atoms with van der Waals surface area (Å²) in [4.78, 5) is 0.493. The molecule has 0 aromatic heterocycles. The summed E-state index contributed by atoms with van der Waals surface area (Å²) in [6.07, 6.45) is 2.61. The third kappa shape index (κ3) is 2.65. The highest BCUT2D eigenvalue weighted by atomic mass is 32.2. The molecule has 0 aliphatic carbocycles. The van der Waals surface area contributed by atoms with Gasteiger partial charge in [-0.15, -0.1) is 0 Å². The fourth-order valence-corrected chi connectivity index (χ4v) is 0.460. The highest BCUT2D eigenvalue weighted by Crippen LogP contribution is 2.04. The van der Waals surface area contributed by atoms with Crippen LogP contribution in [0, 0.1) is 5.41 Å². The Morgan fingerprint density at radius 1 is 1.88 bits per heavy atom. The molecule has 0 saturated carbocycles. The second-order valence-electron chi connectivity index (χ2n) is 1.07. The lowest BCUT2D eigenvalue weighted by Crippen LogP contribution is -1.94. The van der Waals surface area contributed by atoms with Gasteiger partial charge in [-0.3, -0.25) is 0 Å². The van der Waals surface area contributed by atoms with Crippen LogP contribution in [0.3, 0.4) is 0 Å². The lowest BCUT2D eigenvalue weighted by molar-refractivity contribution is 0.670. The molecule has 0 aliphatic rings. The van der Waals surface area contributed by atoms with Gasteiger partial charge in [0.15, 0.2) is 0 Å². The molecule has 4 heteroatoms. The molecule has 0 saturated heterocycles. The van der Waals surface area contributed by atoms with Gasteiger partial charge in [-0.2, -0.15) is 0 Å². The standard InChI is InChI=1S/C4H8N2OS/c1-6-3-4(2-5)8-7/h2-3,5-7H,1H3/b4-3+,5-2?. The van der Waals surface area contributed by atoms with E-state index in [1.165, 1.54) is 6.20 Å². The molecule has 0 rings (SSSR count). The Morgan fingerprint density at radius 2 is 2.50 bits per heavy atom. The van der Waals surface area contributed by atoms with Crippen molar-refractivity contribution in [1.82, 2.24) is 5.32 Å². The van der Waals surface area contributed by atoms with E-state index in [9.17, 15) is 0 Å². The van der Waals surface area contributed by atoms with Crippen molar-refractivity contribution in [1.29, 1.82) is 5.41 Å². The normalized spacial score (nSPS) is 11.0. The average molecular weight is 132 g/mol. The summed E-state index contributed by atoms with van der Waals surface area (Å²) in [7, 11) is 1.71. The molecule has 3 nitrogen and oxygen atoms in total. The van der Waals surface area contributed by atoms with Crippen molar-refractivity contribution in [2.45, 2.75) is 0 Å². The summed E-state index contributed by atoms with van der Waals surface area (Å²) in [5.74, 6) is 0. The van der Waals surface area contributed by atoms with Gasteiger partial charge in [0.05, 0.1) is 4.91 Å². The predicted octanol–water partition coefficient (Wildman–Crippen LogP) is 0.903. The van der Waals surface area contributed by atoms with Crippen LogP contribution in [0.4, 0.5) is 0 Å². The predicted molar refractivity (Wildman–Crippen MR) is 36.1 cm³/mol. The molecule has 0 heterocycles. The maximum atomic E-state index is 8.31. The van der Waals surface area contributed by atoms with Crippen LogP contribution in [-0.4, -0.2) is 17.8 Å². The fourth-order valence-electron chi connectivity index (χ4n) is 0.237. The molecule has 0 unspecified atom stereocenters. The summed E-state index contributed by atoms with van der Waals surface area (Å²) in [6, 6.07) is 0. The van der Waals surface area contributed by atoms with E-state index in [0.717, 1.165) is 6.21 Å². The van der Waals surface area contributed by atoms with Gasteiger partial charge in [0.25, 0.3) is 0 Å². The van der Waals surface area contributed by atoms with Crippen molar-refractivity contribution in [2.75, 3.05) is 7.05 Å². The summed E-state index contributed by atoms with van der Waals surface area (Å²) >= 11 is 0.550. The first-order valence-electron chi connectivity index (χ1n) is 2.04. The molecule has 0 bridgehead atoms. The molecule has 46 valence electrons.